The first-order valence-corrected chi connectivity index (χ1v) is 10.9. The Morgan fingerprint density at radius 1 is 1.30 bits per heavy atom. The van der Waals surface area contributed by atoms with Gasteiger partial charge in [0.1, 0.15) is 5.82 Å². The Hall–Kier alpha value is -1.46. The molecule has 0 saturated carbocycles. The van der Waals surface area contributed by atoms with Gasteiger partial charge in [-0.3, -0.25) is 0 Å². The van der Waals surface area contributed by atoms with Gasteiger partial charge in [-0.2, -0.15) is 0 Å². The van der Waals surface area contributed by atoms with Crippen molar-refractivity contribution in [1.29, 1.82) is 0 Å². The molecule has 23 heavy (non-hydrogen) atoms. The van der Waals surface area contributed by atoms with Crippen LogP contribution in [0.4, 0.5) is 4.39 Å². The molecule has 0 aliphatic rings. The summed E-state index contributed by atoms with van der Waals surface area (Å²) < 4.78 is 18.1. The molecule has 1 aromatic carbocycles. The molecular formula is C18H27FO3Si. The minimum Gasteiger partial charge on any atom is -0.463 e. The average Bonchev–Trinajstić information content (AvgIpc) is 2.43. The molecule has 0 amide bonds. The van der Waals surface area contributed by atoms with Crippen LogP contribution in [0.3, 0.4) is 0 Å². The maximum Gasteiger partial charge on any atom is 0.331 e. The number of carbonyl (C=O) groups excluding carboxylic acids is 1. The second kappa shape index (κ2) is 7.88. The van der Waals surface area contributed by atoms with E-state index in [9.17, 15) is 14.0 Å². The van der Waals surface area contributed by atoms with Crippen molar-refractivity contribution in [2.45, 2.75) is 51.7 Å². The maximum atomic E-state index is 13.1. The van der Waals surface area contributed by atoms with Gasteiger partial charge in [0.15, 0.2) is 8.32 Å². The van der Waals surface area contributed by atoms with Crippen LogP contribution >= 0.6 is 0 Å². The molecule has 0 aromatic heterocycles. The lowest BCUT2D eigenvalue weighted by atomic mass is 9.96. The molecule has 0 heterocycles. The molecule has 1 N–H and O–H groups in total. The number of ether oxygens (including phenoxy) is 1. The number of halogens is 1. The van der Waals surface area contributed by atoms with Crippen LogP contribution in [0.1, 0.15) is 39.2 Å². The van der Waals surface area contributed by atoms with Gasteiger partial charge in [-0.1, -0.05) is 26.0 Å². The van der Waals surface area contributed by atoms with Crippen LogP contribution in [-0.4, -0.2) is 25.7 Å². The van der Waals surface area contributed by atoms with Crippen molar-refractivity contribution in [3.8, 4) is 0 Å². The molecule has 0 atom stereocenters. The zero-order valence-corrected chi connectivity index (χ0v) is 15.6. The molecule has 128 valence electrons. The average molecular weight is 338 g/mol. The highest BCUT2D eigenvalue weighted by Crippen LogP contribution is 2.41. The third-order valence-corrected chi connectivity index (χ3v) is 8.03. The molecule has 0 bridgehead atoms. The number of esters is 1. The number of allylic oxidation sites excluding steroid dienone is 1. The molecule has 3 nitrogen and oxygen atoms in total. The summed E-state index contributed by atoms with van der Waals surface area (Å²) in [5.41, 5.74) is 1.60. The van der Waals surface area contributed by atoms with Gasteiger partial charge in [0.05, 0.1) is 6.61 Å². The number of hydrogen-bond acceptors (Lipinski definition) is 3. The molecule has 5 heteroatoms. The largest absolute Gasteiger partial charge is 0.463 e. The predicted octanol–water partition coefficient (Wildman–Crippen LogP) is 4.53. The van der Waals surface area contributed by atoms with Crippen LogP contribution in [-0.2, 0) is 9.53 Å². The number of hydrogen-bond donors (Lipinski definition) is 1. The number of carbonyl (C=O) groups is 1. The monoisotopic (exact) mass is 338 g/mol. The molecular weight excluding hydrogens is 311 g/mol. The third kappa shape index (κ3) is 5.92. The second-order valence-electron chi connectivity index (χ2n) is 6.87. The lowest BCUT2D eigenvalue weighted by molar-refractivity contribution is -0.137. The zero-order valence-electron chi connectivity index (χ0n) is 14.6. The first kappa shape index (κ1) is 19.6. The molecule has 0 aliphatic heterocycles. The number of rotatable bonds is 7. The Bertz CT molecular complexity index is 557. The maximum absolute atomic E-state index is 13.1. The highest BCUT2D eigenvalue weighted by atomic mass is 28.4. The fraction of sp³-hybridized carbons (Fsp3) is 0.500. The van der Waals surface area contributed by atoms with Crippen LogP contribution in [0, 0.1) is 5.82 Å². The lowest BCUT2D eigenvalue weighted by Crippen LogP contribution is -2.38. The van der Waals surface area contributed by atoms with E-state index in [0.29, 0.717) is 13.0 Å². The van der Waals surface area contributed by atoms with Crippen molar-refractivity contribution < 1.29 is 18.7 Å². The Morgan fingerprint density at radius 3 is 2.35 bits per heavy atom. The Balaban J connectivity index is 3.01. The minimum absolute atomic E-state index is 0.194. The van der Waals surface area contributed by atoms with Crippen molar-refractivity contribution in [3.05, 3.63) is 41.7 Å². The van der Waals surface area contributed by atoms with Crippen molar-refractivity contribution in [2.75, 3.05) is 6.61 Å². The lowest BCUT2D eigenvalue weighted by Gasteiger charge is -2.35. The van der Waals surface area contributed by atoms with E-state index >= 15 is 0 Å². The van der Waals surface area contributed by atoms with Crippen molar-refractivity contribution >= 4 is 19.9 Å². The van der Waals surface area contributed by atoms with Gasteiger partial charge in [-0.05, 0) is 61.2 Å². The summed E-state index contributed by atoms with van der Waals surface area (Å²) in [6.45, 7) is 10.00. The fourth-order valence-electron chi connectivity index (χ4n) is 2.04. The van der Waals surface area contributed by atoms with E-state index in [1.54, 1.807) is 19.1 Å². The smallest absolute Gasteiger partial charge is 0.331 e. The normalized spacial score (nSPS) is 13.1. The van der Waals surface area contributed by atoms with Crippen molar-refractivity contribution in [1.82, 2.24) is 0 Å². The van der Waals surface area contributed by atoms with E-state index in [4.69, 9.17) is 4.74 Å². The third-order valence-electron chi connectivity index (χ3n) is 4.47. The molecule has 0 fully saturated rings. The van der Waals surface area contributed by atoms with Crippen LogP contribution in [0.5, 0.6) is 0 Å². The van der Waals surface area contributed by atoms with Gasteiger partial charge in [0.25, 0.3) is 0 Å². The summed E-state index contributed by atoms with van der Waals surface area (Å²) in [6, 6.07) is 6.08. The van der Waals surface area contributed by atoms with Gasteiger partial charge in [0.2, 0.25) is 0 Å². The first-order chi connectivity index (χ1) is 10.6. The summed E-state index contributed by atoms with van der Waals surface area (Å²) in [7, 11) is -2.32. The van der Waals surface area contributed by atoms with Gasteiger partial charge >= 0.3 is 5.97 Å². The standard InChI is InChI=1S/C18H27FO3Si/c1-6-22-17(20)13-15(14-7-9-16(19)10-8-14)11-12-18(2,3)23(4,5)21/h7-10,13,21H,6,11-12H2,1-5H3/b15-13-. The quantitative estimate of drug-likeness (QED) is 0.451. The molecule has 1 aromatic rings. The van der Waals surface area contributed by atoms with Crippen LogP contribution in [0.25, 0.3) is 5.57 Å². The Morgan fingerprint density at radius 2 is 1.87 bits per heavy atom. The molecule has 0 saturated heterocycles. The first-order valence-electron chi connectivity index (χ1n) is 7.92. The summed E-state index contributed by atoms with van der Waals surface area (Å²) in [4.78, 5) is 22.2. The van der Waals surface area contributed by atoms with Crippen molar-refractivity contribution in [2.24, 2.45) is 0 Å². The summed E-state index contributed by atoms with van der Waals surface area (Å²) >= 11 is 0. The van der Waals surface area contributed by atoms with Gasteiger partial charge < -0.3 is 9.53 Å². The fourth-order valence-corrected chi connectivity index (χ4v) is 2.78. The second-order valence-corrected chi connectivity index (χ2v) is 11.3. The van der Waals surface area contributed by atoms with Crippen LogP contribution < -0.4 is 0 Å². The number of benzene rings is 1. The molecule has 0 aliphatic carbocycles. The van der Waals surface area contributed by atoms with Gasteiger partial charge in [-0.25, -0.2) is 9.18 Å². The zero-order chi connectivity index (χ0) is 17.7. The van der Waals surface area contributed by atoms with Crippen LogP contribution in [0.2, 0.25) is 18.1 Å². The highest BCUT2D eigenvalue weighted by Gasteiger charge is 2.37. The van der Waals surface area contributed by atoms with E-state index in [1.807, 2.05) is 26.9 Å². The van der Waals surface area contributed by atoms with Gasteiger partial charge in [-0.15, -0.1) is 0 Å². The van der Waals surface area contributed by atoms with Crippen molar-refractivity contribution in [3.63, 3.8) is 0 Å². The van der Waals surface area contributed by atoms with Gasteiger partial charge in [0, 0.05) is 6.08 Å². The molecule has 1 rings (SSSR count). The molecule has 0 radical (unpaired) electrons. The molecule has 0 spiro atoms. The van der Waals surface area contributed by atoms with E-state index in [2.05, 4.69) is 0 Å². The predicted molar refractivity (Wildman–Crippen MR) is 94.0 cm³/mol. The summed E-state index contributed by atoms with van der Waals surface area (Å²) in [6.07, 6.45) is 2.83. The highest BCUT2D eigenvalue weighted by molar-refractivity contribution is 6.72. The van der Waals surface area contributed by atoms with E-state index in [1.165, 1.54) is 18.2 Å². The minimum atomic E-state index is -2.32. The Kier molecular flexibility index (Phi) is 6.71. The van der Waals surface area contributed by atoms with E-state index in [0.717, 1.165) is 17.6 Å². The SMILES string of the molecule is CCOC(=O)/C=C(/CCC(C)(C)[Si](C)(C)O)c1ccc(F)cc1. The topological polar surface area (TPSA) is 46.5 Å². The van der Waals surface area contributed by atoms with E-state index in [-0.39, 0.29) is 10.9 Å². The Labute approximate surface area is 139 Å². The molecule has 0 unspecified atom stereocenters. The summed E-state index contributed by atoms with van der Waals surface area (Å²) in [5, 5.41) is -0.194. The summed E-state index contributed by atoms with van der Waals surface area (Å²) in [5.74, 6) is -0.710. The van der Waals surface area contributed by atoms with Crippen LogP contribution in [0.15, 0.2) is 30.3 Å². The van der Waals surface area contributed by atoms with E-state index < -0.39 is 14.3 Å².